The van der Waals surface area contributed by atoms with Gasteiger partial charge < -0.3 is 9.66 Å². The first-order chi connectivity index (χ1) is 6.39. The van der Waals surface area contributed by atoms with Crippen molar-refractivity contribution in [2.75, 3.05) is 0 Å². The van der Waals surface area contributed by atoms with Crippen LogP contribution >= 0.6 is 0 Å². The van der Waals surface area contributed by atoms with Crippen molar-refractivity contribution in [3.8, 4) is 0 Å². The van der Waals surface area contributed by atoms with Crippen LogP contribution in [0.1, 0.15) is 32.1 Å². The minimum Gasteiger partial charge on any atom is -0.748 e. The zero-order chi connectivity index (χ0) is 10.8. The maximum Gasteiger partial charge on any atom is 1.00 e. The van der Waals surface area contributed by atoms with E-state index in [4.69, 9.17) is 5.11 Å². The van der Waals surface area contributed by atoms with E-state index in [1.165, 1.54) is 0 Å². The van der Waals surface area contributed by atoms with Gasteiger partial charge in [-0.3, -0.25) is 4.79 Å². The predicted molar refractivity (Wildman–Crippen MR) is 47.7 cm³/mol. The summed E-state index contributed by atoms with van der Waals surface area (Å²) in [6.45, 7) is 0. The van der Waals surface area contributed by atoms with Gasteiger partial charge in [-0.1, -0.05) is 0 Å². The molecule has 0 amide bonds. The summed E-state index contributed by atoms with van der Waals surface area (Å²) in [5.41, 5.74) is 0. The van der Waals surface area contributed by atoms with Crippen molar-refractivity contribution in [3.63, 3.8) is 0 Å². The summed E-state index contributed by atoms with van der Waals surface area (Å²) in [5.74, 6) is -0.830. The van der Waals surface area contributed by atoms with E-state index in [9.17, 15) is 17.8 Å². The number of carboxylic acids is 1. The molecule has 5 nitrogen and oxygen atoms in total. The van der Waals surface area contributed by atoms with E-state index < -0.39 is 21.3 Å². The van der Waals surface area contributed by atoms with Gasteiger partial charge in [0.1, 0.15) is 0 Å². The smallest absolute Gasteiger partial charge is 0.748 e. The quantitative estimate of drug-likeness (QED) is 0.440. The van der Waals surface area contributed by atoms with Gasteiger partial charge in [0.2, 0.25) is 0 Å². The van der Waals surface area contributed by atoms with Crippen LogP contribution in [-0.2, 0) is 14.9 Å². The van der Waals surface area contributed by atoms with E-state index in [-0.39, 0.29) is 41.9 Å². The first kappa shape index (κ1) is 15.4. The van der Waals surface area contributed by atoms with Crippen molar-refractivity contribution >= 4 is 16.1 Å². The van der Waals surface area contributed by atoms with Crippen molar-refractivity contribution in [2.45, 2.75) is 37.4 Å². The predicted octanol–water partition coefficient (Wildman–Crippen LogP) is -2.43. The molecule has 1 rings (SSSR count). The van der Waals surface area contributed by atoms with E-state index in [1.807, 2.05) is 0 Å². The number of carbonyl (C=O) groups is 1. The van der Waals surface area contributed by atoms with E-state index in [2.05, 4.69) is 0 Å². The third-order valence-electron chi connectivity index (χ3n) is 2.67. The summed E-state index contributed by atoms with van der Waals surface area (Å²) in [6, 6.07) is 0. The third kappa shape index (κ3) is 5.31. The molecule has 0 spiro atoms. The molecule has 1 N–H and O–H groups in total. The van der Waals surface area contributed by atoms with Gasteiger partial charge in [0.25, 0.3) is 0 Å². The first-order valence-electron chi connectivity index (χ1n) is 4.56. The Morgan fingerprint density at radius 3 is 2.07 bits per heavy atom. The van der Waals surface area contributed by atoms with Crippen LogP contribution in [0.5, 0.6) is 0 Å². The molecule has 1 saturated carbocycles. The molecule has 0 heterocycles. The van der Waals surface area contributed by atoms with Crippen LogP contribution in [0.4, 0.5) is 0 Å². The maximum atomic E-state index is 10.6. The van der Waals surface area contributed by atoms with Crippen LogP contribution in [0.25, 0.3) is 0 Å². The molecule has 0 radical (unpaired) electrons. The fourth-order valence-corrected chi connectivity index (χ4v) is 2.72. The summed E-state index contributed by atoms with van der Waals surface area (Å²) in [6.07, 6.45) is 1.75. The van der Waals surface area contributed by atoms with Crippen LogP contribution in [0.3, 0.4) is 0 Å². The summed E-state index contributed by atoms with van der Waals surface area (Å²) >= 11 is 0. The molecule has 0 aromatic rings. The number of aliphatic carboxylic acids is 1. The summed E-state index contributed by atoms with van der Waals surface area (Å²) in [4.78, 5) is 10.4. The fourth-order valence-electron chi connectivity index (χ4n) is 1.87. The first-order valence-corrected chi connectivity index (χ1v) is 6.03. The molecule has 15 heavy (non-hydrogen) atoms. The van der Waals surface area contributed by atoms with Crippen LogP contribution in [0.15, 0.2) is 0 Å². The Balaban J connectivity index is 0.00000196. The van der Waals surface area contributed by atoms with Crippen molar-refractivity contribution in [2.24, 2.45) is 5.92 Å². The van der Waals surface area contributed by atoms with Crippen LogP contribution in [0, 0.1) is 5.92 Å². The minimum atomic E-state index is -4.18. The van der Waals surface area contributed by atoms with E-state index >= 15 is 0 Å². The van der Waals surface area contributed by atoms with Crippen LogP contribution in [0.2, 0.25) is 0 Å². The van der Waals surface area contributed by atoms with Gasteiger partial charge in [0.15, 0.2) is 0 Å². The SMILES string of the molecule is O=C(O)CC1CCC(S(=O)(=O)[O-])CC1.[Na+]. The fraction of sp³-hybridized carbons (Fsp3) is 0.875. The second kappa shape index (κ2) is 6.20. The molecule has 1 fully saturated rings. The van der Waals surface area contributed by atoms with Gasteiger partial charge in [-0.05, 0) is 31.6 Å². The molecule has 0 aliphatic heterocycles. The maximum absolute atomic E-state index is 10.6. The second-order valence-electron chi connectivity index (χ2n) is 3.73. The van der Waals surface area contributed by atoms with Gasteiger partial charge in [-0.25, -0.2) is 8.42 Å². The normalized spacial score (nSPS) is 26.7. The van der Waals surface area contributed by atoms with Crippen molar-refractivity contribution in [3.05, 3.63) is 0 Å². The Morgan fingerprint density at radius 2 is 1.73 bits per heavy atom. The minimum absolute atomic E-state index is 0. The van der Waals surface area contributed by atoms with Gasteiger partial charge >= 0.3 is 35.5 Å². The number of rotatable bonds is 3. The molecule has 0 aromatic heterocycles. The van der Waals surface area contributed by atoms with Gasteiger partial charge in [0.05, 0.1) is 10.1 Å². The second-order valence-corrected chi connectivity index (χ2v) is 5.39. The Kier molecular flexibility index (Phi) is 6.36. The monoisotopic (exact) mass is 244 g/mol. The van der Waals surface area contributed by atoms with Gasteiger partial charge in [0, 0.05) is 11.7 Å². The third-order valence-corrected chi connectivity index (χ3v) is 3.95. The van der Waals surface area contributed by atoms with E-state index in [1.54, 1.807) is 0 Å². The molecule has 1 aliphatic carbocycles. The number of carboxylic acid groups (broad SMARTS) is 1. The molecule has 0 aromatic carbocycles. The Bertz CT molecular complexity index is 305. The van der Waals surface area contributed by atoms with Crippen molar-refractivity contribution in [1.82, 2.24) is 0 Å². The summed E-state index contributed by atoms with van der Waals surface area (Å²) in [5, 5.41) is 7.71. The van der Waals surface area contributed by atoms with E-state index in [0.717, 1.165) is 0 Å². The van der Waals surface area contributed by atoms with Crippen LogP contribution in [-0.4, -0.2) is 29.3 Å². The largest absolute Gasteiger partial charge is 1.00 e. The Morgan fingerprint density at radius 1 is 1.27 bits per heavy atom. The molecular weight excluding hydrogens is 231 g/mol. The molecular formula is C8H13NaO5S. The Labute approximate surface area is 111 Å². The standard InChI is InChI=1S/C8H14O5S.Na/c9-8(10)5-6-1-3-7(4-2-6)14(11,12)13;/h6-7H,1-5H2,(H,9,10)(H,11,12,13);/q;+1/p-1. The number of hydrogen-bond donors (Lipinski definition) is 1. The van der Waals surface area contributed by atoms with Gasteiger partial charge in [-0.2, -0.15) is 0 Å². The average molecular weight is 244 g/mol. The van der Waals surface area contributed by atoms with Crippen molar-refractivity contribution in [1.29, 1.82) is 0 Å². The zero-order valence-corrected chi connectivity index (χ0v) is 11.5. The molecule has 0 atom stereocenters. The van der Waals surface area contributed by atoms with Crippen LogP contribution < -0.4 is 29.6 Å². The molecule has 0 bridgehead atoms. The Hall–Kier alpha value is 0.380. The topological polar surface area (TPSA) is 94.5 Å². The van der Waals surface area contributed by atoms with E-state index in [0.29, 0.717) is 25.7 Å². The van der Waals surface area contributed by atoms with Gasteiger partial charge in [-0.15, -0.1) is 0 Å². The zero-order valence-electron chi connectivity index (χ0n) is 8.68. The van der Waals surface area contributed by atoms with Crippen molar-refractivity contribution < 1.29 is 52.4 Å². The number of hydrogen-bond acceptors (Lipinski definition) is 4. The summed E-state index contributed by atoms with van der Waals surface area (Å²) in [7, 11) is -4.18. The molecule has 0 unspecified atom stereocenters. The molecule has 0 saturated heterocycles. The molecule has 82 valence electrons. The molecule has 1 aliphatic rings. The molecule has 7 heteroatoms. The summed E-state index contributed by atoms with van der Waals surface area (Å²) < 4.78 is 31.9. The average Bonchev–Trinajstić information content (AvgIpc) is 2.02.